The van der Waals surface area contributed by atoms with E-state index in [0.717, 1.165) is 24.4 Å². The molecule has 2 heteroatoms. The molecule has 0 radical (unpaired) electrons. The van der Waals surface area contributed by atoms with Gasteiger partial charge in [0.1, 0.15) is 5.82 Å². The van der Waals surface area contributed by atoms with Crippen molar-refractivity contribution in [3.05, 3.63) is 35.1 Å². The summed E-state index contributed by atoms with van der Waals surface area (Å²) in [6.45, 7) is 7.63. The normalized spacial score (nSPS) is 24.6. The highest BCUT2D eigenvalue weighted by Crippen LogP contribution is 2.38. The van der Waals surface area contributed by atoms with Gasteiger partial charge in [-0.25, -0.2) is 4.39 Å². The summed E-state index contributed by atoms with van der Waals surface area (Å²) in [5.41, 5.74) is 2.37. The van der Waals surface area contributed by atoms with E-state index < -0.39 is 0 Å². The maximum Gasteiger partial charge on any atom is 0.123 e. The summed E-state index contributed by atoms with van der Waals surface area (Å²) in [6, 6.07) is 5.65. The molecule has 0 heterocycles. The first-order chi connectivity index (χ1) is 9.61. The minimum Gasteiger partial charge on any atom is -0.310 e. The lowest BCUT2D eigenvalue weighted by atomic mass is 9.76. The van der Waals surface area contributed by atoms with Gasteiger partial charge in [-0.1, -0.05) is 32.8 Å². The summed E-state index contributed by atoms with van der Waals surface area (Å²) in [5, 5.41) is 3.71. The van der Waals surface area contributed by atoms with Gasteiger partial charge in [-0.3, -0.25) is 0 Å². The Labute approximate surface area is 123 Å². The second kappa shape index (κ2) is 7.21. The van der Waals surface area contributed by atoms with Gasteiger partial charge in [0.2, 0.25) is 0 Å². The van der Waals surface area contributed by atoms with Gasteiger partial charge in [-0.05, 0) is 67.8 Å². The van der Waals surface area contributed by atoms with E-state index in [2.05, 4.69) is 19.2 Å². The van der Waals surface area contributed by atoms with Crippen LogP contribution >= 0.6 is 0 Å². The molecule has 1 saturated carbocycles. The Morgan fingerprint density at radius 1 is 1.35 bits per heavy atom. The molecule has 1 aromatic rings. The van der Waals surface area contributed by atoms with Crippen LogP contribution in [0.15, 0.2) is 18.2 Å². The molecular formula is C18H28FN. The van der Waals surface area contributed by atoms with Crippen LogP contribution in [0.3, 0.4) is 0 Å². The van der Waals surface area contributed by atoms with Gasteiger partial charge >= 0.3 is 0 Å². The van der Waals surface area contributed by atoms with Crippen molar-refractivity contribution >= 4 is 0 Å². The Morgan fingerprint density at radius 2 is 2.15 bits per heavy atom. The molecule has 0 bridgehead atoms. The Kier molecular flexibility index (Phi) is 5.59. The molecule has 2 rings (SSSR count). The van der Waals surface area contributed by atoms with Gasteiger partial charge in [0.15, 0.2) is 0 Å². The van der Waals surface area contributed by atoms with Crippen molar-refractivity contribution in [1.82, 2.24) is 5.32 Å². The summed E-state index contributed by atoms with van der Waals surface area (Å²) >= 11 is 0. The van der Waals surface area contributed by atoms with Crippen LogP contribution < -0.4 is 5.32 Å². The Bertz CT molecular complexity index is 429. The molecule has 0 aromatic heterocycles. The molecule has 3 atom stereocenters. The minimum absolute atomic E-state index is 0.127. The molecule has 0 amide bonds. The minimum atomic E-state index is -0.127. The predicted molar refractivity (Wildman–Crippen MR) is 83.3 cm³/mol. The van der Waals surface area contributed by atoms with Crippen LogP contribution in [0.1, 0.15) is 63.1 Å². The van der Waals surface area contributed by atoms with E-state index in [4.69, 9.17) is 0 Å². The number of nitrogens with one attached hydrogen (secondary N) is 1. The largest absolute Gasteiger partial charge is 0.310 e. The number of benzene rings is 1. The molecule has 1 aliphatic rings. The average molecular weight is 277 g/mol. The summed E-state index contributed by atoms with van der Waals surface area (Å²) < 4.78 is 13.3. The molecule has 3 unspecified atom stereocenters. The number of halogens is 1. The Balaban J connectivity index is 2.21. The molecule has 0 spiro atoms. The smallest absolute Gasteiger partial charge is 0.123 e. The zero-order valence-electron chi connectivity index (χ0n) is 13.1. The fourth-order valence-electron chi connectivity index (χ4n) is 3.60. The van der Waals surface area contributed by atoms with Crippen molar-refractivity contribution in [3.63, 3.8) is 0 Å². The van der Waals surface area contributed by atoms with Crippen molar-refractivity contribution in [1.29, 1.82) is 0 Å². The first-order valence-electron chi connectivity index (χ1n) is 8.11. The zero-order valence-corrected chi connectivity index (χ0v) is 13.1. The highest BCUT2D eigenvalue weighted by atomic mass is 19.1. The second-order valence-corrected chi connectivity index (χ2v) is 6.46. The van der Waals surface area contributed by atoms with Crippen LogP contribution in [-0.2, 0) is 0 Å². The lowest BCUT2D eigenvalue weighted by molar-refractivity contribution is 0.223. The first kappa shape index (κ1) is 15.5. The maximum absolute atomic E-state index is 13.3. The van der Waals surface area contributed by atoms with Crippen molar-refractivity contribution < 1.29 is 4.39 Å². The third-order valence-electron chi connectivity index (χ3n) is 4.63. The highest BCUT2D eigenvalue weighted by Gasteiger charge is 2.28. The van der Waals surface area contributed by atoms with E-state index in [1.165, 1.54) is 31.2 Å². The number of aryl methyl sites for hydroxylation is 1. The second-order valence-electron chi connectivity index (χ2n) is 6.46. The molecule has 1 aromatic carbocycles. The lowest BCUT2D eigenvalue weighted by Gasteiger charge is -2.35. The van der Waals surface area contributed by atoms with E-state index >= 15 is 0 Å². The van der Waals surface area contributed by atoms with Crippen LogP contribution in [0.5, 0.6) is 0 Å². The Hall–Kier alpha value is -0.890. The van der Waals surface area contributed by atoms with E-state index in [1.54, 1.807) is 12.1 Å². The molecule has 112 valence electrons. The topological polar surface area (TPSA) is 12.0 Å². The van der Waals surface area contributed by atoms with Crippen LogP contribution in [0.2, 0.25) is 0 Å². The van der Waals surface area contributed by atoms with Crippen molar-refractivity contribution in [2.75, 3.05) is 6.54 Å². The van der Waals surface area contributed by atoms with Gasteiger partial charge in [-0.2, -0.15) is 0 Å². The van der Waals surface area contributed by atoms with Crippen LogP contribution in [-0.4, -0.2) is 6.54 Å². The van der Waals surface area contributed by atoms with Gasteiger partial charge in [0.05, 0.1) is 0 Å². The molecular weight excluding hydrogens is 249 g/mol. The SMILES string of the molecule is CCCNC(c1ccc(F)cc1C)C1CCCC(C)C1. The van der Waals surface area contributed by atoms with E-state index in [1.807, 2.05) is 13.0 Å². The van der Waals surface area contributed by atoms with Gasteiger partial charge in [0, 0.05) is 6.04 Å². The molecule has 1 nitrogen and oxygen atoms in total. The van der Waals surface area contributed by atoms with Crippen molar-refractivity contribution in [2.45, 2.75) is 58.9 Å². The molecule has 20 heavy (non-hydrogen) atoms. The quantitative estimate of drug-likeness (QED) is 0.798. The fourth-order valence-corrected chi connectivity index (χ4v) is 3.60. The van der Waals surface area contributed by atoms with E-state index in [-0.39, 0.29) is 5.82 Å². The number of rotatable bonds is 5. The third-order valence-corrected chi connectivity index (χ3v) is 4.63. The predicted octanol–water partition coefficient (Wildman–Crippen LogP) is 5.00. The molecule has 0 saturated heterocycles. The Morgan fingerprint density at radius 3 is 2.80 bits per heavy atom. The van der Waals surface area contributed by atoms with E-state index in [0.29, 0.717) is 12.0 Å². The van der Waals surface area contributed by atoms with Crippen molar-refractivity contribution in [3.8, 4) is 0 Å². The summed E-state index contributed by atoms with van der Waals surface area (Å²) in [5.74, 6) is 1.38. The molecule has 0 aliphatic heterocycles. The van der Waals surface area contributed by atoms with Gasteiger partial charge in [-0.15, -0.1) is 0 Å². The van der Waals surface area contributed by atoms with E-state index in [9.17, 15) is 4.39 Å². The maximum atomic E-state index is 13.3. The standard InChI is InChI=1S/C18H28FN/c1-4-10-20-18(15-7-5-6-13(2)11-15)17-9-8-16(19)12-14(17)3/h8-9,12-13,15,18,20H,4-7,10-11H2,1-3H3. The molecule has 1 fully saturated rings. The summed E-state index contributed by atoms with van der Waals surface area (Å²) in [6.07, 6.45) is 6.41. The first-order valence-corrected chi connectivity index (χ1v) is 8.11. The third kappa shape index (κ3) is 3.82. The monoisotopic (exact) mass is 277 g/mol. The average Bonchev–Trinajstić information content (AvgIpc) is 2.41. The van der Waals surface area contributed by atoms with Crippen LogP contribution in [0.25, 0.3) is 0 Å². The fraction of sp³-hybridized carbons (Fsp3) is 0.667. The lowest BCUT2D eigenvalue weighted by Crippen LogP contribution is -2.32. The molecule has 1 aliphatic carbocycles. The van der Waals surface area contributed by atoms with Crippen molar-refractivity contribution in [2.24, 2.45) is 11.8 Å². The zero-order chi connectivity index (χ0) is 14.5. The summed E-state index contributed by atoms with van der Waals surface area (Å²) in [4.78, 5) is 0. The highest BCUT2D eigenvalue weighted by molar-refractivity contribution is 5.30. The van der Waals surface area contributed by atoms with Gasteiger partial charge in [0.25, 0.3) is 0 Å². The van der Waals surface area contributed by atoms with Crippen LogP contribution in [0, 0.1) is 24.6 Å². The van der Waals surface area contributed by atoms with Gasteiger partial charge < -0.3 is 5.32 Å². The number of hydrogen-bond acceptors (Lipinski definition) is 1. The number of hydrogen-bond donors (Lipinski definition) is 1. The molecule has 1 N–H and O–H groups in total. The van der Waals surface area contributed by atoms with Crippen LogP contribution in [0.4, 0.5) is 4.39 Å². The summed E-state index contributed by atoms with van der Waals surface area (Å²) in [7, 11) is 0.